The lowest BCUT2D eigenvalue weighted by atomic mass is 9.86. The zero-order valence-electron chi connectivity index (χ0n) is 20.4. The zero-order chi connectivity index (χ0) is 24.6. The van der Waals surface area contributed by atoms with Gasteiger partial charge >= 0.3 is 0 Å². The van der Waals surface area contributed by atoms with Gasteiger partial charge in [-0.15, -0.1) is 0 Å². The van der Waals surface area contributed by atoms with E-state index in [0.717, 1.165) is 63.7 Å². The van der Waals surface area contributed by atoms with Crippen LogP contribution in [0.25, 0.3) is 5.69 Å². The average Bonchev–Trinajstić information content (AvgIpc) is 3.10. The molecule has 2 heterocycles. The molecule has 1 aromatic heterocycles. The summed E-state index contributed by atoms with van der Waals surface area (Å²) in [5, 5.41) is 12.1. The molecule has 180 valence electrons. The lowest BCUT2D eigenvalue weighted by molar-refractivity contribution is -0.116. The summed E-state index contributed by atoms with van der Waals surface area (Å²) in [6, 6.07) is 25.6. The highest BCUT2D eigenvalue weighted by atomic mass is 16.5. The zero-order valence-corrected chi connectivity index (χ0v) is 20.4. The number of ether oxygens (including phenoxy) is 1. The van der Waals surface area contributed by atoms with E-state index in [1.807, 2.05) is 90.5 Å². The molecule has 1 aliphatic carbocycles. The molecular formula is C30H28N4O2. The van der Waals surface area contributed by atoms with Crippen molar-refractivity contribution in [2.24, 2.45) is 0 Å². The smallest absolute Gasteiger partial charge is 0.228 e. The van der Waals surface area contributed by atoms with E-state index >= 15 is 0 Å². The summed E-state index contributed by atoms with van der Waals surface area (Å²) in [5.41, 5.74) is 7.37. The van der Waals surface area contributed by atoms with Crippen molar-refractivity contribution in [1.82, 2.24) is 9.78 Å². The van der Waals surface area contributed by atoms with Gasteiger partial charge in [0.1, 0.15) is 5.75 Å². The fourth-order valence-electron chi connectivity index (χ4n) is 5.06. The topological polar surface area (TPSA) is 68.2 Å². The van der Waals surface area contributed by atoms with Crippen LogP contribution in [0.5, 0.6) is 11.6 Å². The molecule has 1 atom stereocenters. The Balaban J connectivity index is 1.57. The molecule has 0 amide bonds. The van der Waals surface area contributed by atoms with E-state index in [4.69, 9.17) is 9.84 Å². The molecule has 3 aromatic carbocycles. The number of nitrogens with one attached hydrogen (secondary N) is 2. The van der Waals surface area contributed by atoms with Crippen molar-refractivity contribution >= 4 is 17.2 Å². The Morgan fingerprint density at radius 1 is 0.889 bits per heavy atom. The Morgan fingerprint density at radius 3 is 2.39 bits per heavy atom. The van der Waals surface area contributed by atoms with Crippen molar-refractivity contribution in [3.8, 4) is 17.3 Å². The summed E-state index contributed by atoms with van der Waals surface area (Å²) in [5.74, 6) is 1.47. The van der Waals surface area contributed by atoms with Crippen molar-refractivity contribution in [3.05, 3.63) is 107 Å². The van der Waals surface area contributed by atoms with Gasteiger partial charge in [0.25, 0.3) is 0 Å². The number of Topliss-reactive ketones (excluding diaryl/α,β-unsaturated/α-hetero) is 1. The van der Waals surface area contributed by atoms with E-state index in [9.17, 15) is 4.79 Å². The molecule has 2 N–H and O–H groups in total. The standard InChI is InChI=1S/C30H28N4O2/c1-19-15-17-22(18-16-19)36-30-27(20(2)33-34(30)21-9-4-3-5-10-21)29-28-25(13-8-14-26(28)35)31-23-11-6-7-12-24(23)32-29/h3-7,9-12,15-18,29,31-32H,8,13-14H2,1-2H3. The number of rotatable bonds is 4. The summed E-state index contributed by atoms with van der Waals surface area (Å²) < 4.78 is 8.41. The first kappa shape index (κ1) is 22.2. The lowest BCUT2D eigenvalue weighted by Gasteiger charge is -2.26. The number of carbonyl (C=O) groups excluding carboxylic acids is 1. The number of hydrogen-bond donors (Lipinski definition) is 2. The second-order valence-electron chi connectivity index (χ2n) is 9.38. The summed E-state index contributed by atoms with van der Waals surface area (Å²) in [7, 11) is 0. The van der Waals surface area contributed by atoms with Gasteiger partial charge in [0.05, 0.1) is 34.4 Å². The molecule has 0 bridgehead atoms. The number of benzene rings is 3. The second kappa shape index (κ2) is 9.04. The van der Waals surface area contributed by atoms with Crippen LogP contribution in [0.3, 0.4) is 0 Å². The minimum absolute atomic E-state index is 0.155. The Morgan fingerprint density at radius 2 is 1.61 bits per heavy atom. The Labute approximate surface area is 210 Å². The molecule has 0 saturated carbocycles. The summed E-state index contributed by atoms with van der Waals surface area (Å²) >= 11 is 0. The minimum atomic E-state index is -0.401. The monoisotopic (exact) mass is 476 g/mol. The number of aromatic nitrogens is 2. The molecule has 0 spiro atoms. The summed E-state index contributed by atoms with van der Waals surface area (Å²) in [6.45, 7) is 4.03. The largest absolute Gasteiger partial charge is 0.439 e. The van der Waals surface area contributed by atoms with E-state index in [2.05, 4.69) is 17.6 Å². The van der Waals surface area contributed by atoms with Crippen LogP contribution in [0.2, 0.25) is 0 Å². The number of aryl methyl sites for hydroxylation is 2. The van der Waals surface area contributed by atoms with Gasteiger partial charge in [-0.2, -0.15) is 5.10 Å². The van der Waals surface area contributed by atoms with Crippen molar-refractivity contribution in [2.45, 2.75) is 39.2 Å². The number of ketones is 1. The molecule has 0 fully saturated rings. The van der Waals surface area contributed by atoms with E-state index in [1.54, 1.807) is 0 Å². The van der Waals surface area contributed by atoms with Crippen molar-refractivity contribution in [3.63, 3.8) is 0 Å². The molecule has 4 aromatic rings. The van der Waals surface area contributed by atoms with Crippen LogP contribution in [0.1, 0.15) is 42.1 Å². The maximum atomic E-state index is 13.4. The van der Waals surface area contributed by atoms with Gasteiger partial charge in [0, 0.05) is 17.7 Å². The molecule has 6 nitrogen and oxygen atoms in total. The molecule has 6 rings (SSSR count). The van der Waals surface area contributed by atoms with Crippen molar-refractivity contribution in [2.75, 3.05) is 10.6 Å². The highest BCUT2D eigenvalue weighted by molar-refractivity contribution is 6.00. The molecule has 1 unspecified atom stereocenters. The van der Waals surface area contributed by atoms with E-state index < -0.39 is 6.04 Å². The number of allylic oxidation sites excluding steroid dienone is 1. The van der Waals surface area contributed by atoms with E-state index in [-0.39, 0.29) is 5.78 Å². The van der Waals surface area contributed by atoms with Crippen LogP contribution < -0.4 is 15.4 Å². The number of carbonyl (C=O) groups is 1. The maximum Gasteiger partial charge on any atom is 0.228 e. The first-order valence-electron chi connectivity index (χ1n) is 12.4. The van der Waals surface area contributed by atoms with Gasteiger partial charge in [0.15, 0.2) is 5.78 Å². The number of anilines is 2. The van der Waals surface area contributed by atoms with Gasteiger partial charge in [0.2, 0.25) is 5.88 Å². The highest BCUT2D eigenvalue weighted by Gasteiger charge is 2.36. The van der Waals surface area contributed by atoms with Crippen LogP contribution in [-0.4, -0.2) is 15.6 Å². The Kier molecular flexibility index (Phi) is 5.56. The van der Waals surface area contributed by atoms with Gasteiger partial charge in [-0.05, 0) is 63.1 Å². The number of fused-ring (bicyclic) bond motifs is 1. The first-order chi connectivity index (χ1) is 17.6. The molecule has 6 heteroatoms. The van der Waals surface area contributed by atoms with Gasteiger partial charge < -0.3 is 15.4 Å². The number of hydrogen-bond acceptors (Lipinski definition) is 5. The Bertz CT molecular complexity index is 1470. The normalized spacial score (nSPS) is 16.9. The maximum absolute atomic E-state index is 13.4. The predicted molar refractivity (Wildman–Crippen MR) is 142 cm³/mol. The molecule has 36 heavy (non-hydrogen) atoms. The third kappa shape index (κ3) is 3.94. The van der Waals surface area contributed by atoms with Crippen molar-refractivity contribution < 1.29 is 9.53 Å². The first-order valence-corrected chi connectivity index (χ1v) is 12.4. The van der Waals surface area contributed by atoms with Crippen LogP contribution in [0, 0.1) is 13.8 Å². The molecule has 0 radical (unpaired) electrons. The second-order valence-corrected chi connectivity index (χ2v) is 9.38. The summed E-state index contributed by atoms with van der Waals surface area (Å²) in [6.07, 6.45) is 2.21. The van der Waals surface area contributed by atoms with Gasteiger partial charge in [-0.1, -0.05) is 48.0 Å². The van der Waals surface area contributed by atoms with E-state index in [1.165, 1.54) is 0 Å². The Hall–Kier alpha value is -4.32. The third-order valence-electron chi connectivity index (χ3n) is 6.84. The third-order valence-corrected chi connectivity index (χ3v) is 6.84. The average molecular weight is 477 g/mol. The SMILES string of the molecule is Cc1ccc(Oc2c(C3Nc4ccccc4NC4=C3C(=O)CCC4)c(C)nn2-c2ccccc2)cc1. The fraction of sp³-hybridized carbons (Fsp3) is 0.200. The van der Waals surface area contributed by atoms with Crippen molar-refractivity contribution in [1.29, 1.82) is 0 Å². The summed E-state index contributed by atoms with van der Waals surface area (Å²) in [4.78, 5) is 13.4. The van der Waals surface area contributed by atoms with Gasteiger partial charge in [-0.25, -0.2) is 4.68 Å². The molecule has 1 aliphatic heterocycles. The van der Waals surface area contributed by atoms with E-state index in [0.29, 0.717) is 12.3 Å². The van der Waals surface area contributed by atoms with Gasteiger partial charge in [-0.3, -0.25) is 4.79 Å². The predicted octanol–water partition coefficient (Wildman–Crippen LogP) is 6.87. The van der Waals surface area contributed by atoms with Crippen LogP contribution in [0.4, 0.5) is 11.4 Å². The number of nitrogens with zero attached hydrogens (tertiary/aromatic N) is 2. The van der Waals surface area contributed by atoms with Crippen LogP contribution in [-0.2, 0) is 4.79 Å². The van der Waals surface area contributed by atoms with Crippen LogP contribution in [0.15, 0.2) is 90.1 Å². The molecule has 0 saturated heterocycles. The molecular weight excluding hydrogens is 448 g/mol. The highest BCUT2D eigenvalue weighted by Crippen LogP contribution is 2.45. The fourth-order valence-corrected chi connectivity index (χ4v) is 5.06. The lowest BCUT2D eigenvalue weighted by Crippen LogP contribution is -2.24. The minimum Gasteiger partial charge on any atom is -0.439 e. The van der Waals surface area contributed by atoms with Crippen LogP contribution >= 0.6 is 0 Å². The number of para-hydroxylation sites is 3. The quantitative estimate of drug-likeness (QED) is 0.336. The molecule has 2 aliphatic rings.